The highest BCUT2D eigenvalue weighted by molar-refractivity contribution is 7.26. The largest absolute Gasteiger partial charge is 0.313 e. The van der Waals surface area contributed by atoms with E-state index in [0.29, 0.717) is 0 Å². The molecule has 0 spiro atoms. The van der Waals surface area contributed by atoms with E-state index in [1.54, 1.807) is 0 Å². The van der Waals surface area contributed by atoms with Crippen molar-refractivity contribution in [1.29, 1.82) is 0 Å². The fraction of sp³-hybridized carbons (Fsp3) is 0.0227. The number of rotatable bonds is 4. The molecule has 3 aromatic heterocycles. The SMILES string of the molecule is C1=C(n2c3ccc(-c4cccc(-c5cccc(-c6ccccc6)c5)n4)cc3c3c4sc5ccccc5c4ccc32)Cc2ccccc21. The first kappa shape index (κ1) is 26.4. The maximum absolute atomic E-state index is 5.23. The molecule has 0 aliphatic heterocycles. The van der Waals surface area contributed by atoms with E-state index >= 15 is 0 Å². The van der Waals surface area contributed by atoms with Gasteiger partial charge in [-0.3, -0.25) is 0 Å². The highest BCUT2D eigenvalue weighted by atomic mass is 32.1. The van der Waals surface area contributed by atoms with Crippen LogP contribution in [-0.2, 0) is 6.42 Å². The molecule has 220 valence electrons. The molecule has 10 rings (SSSR count). The molecule has 0 amide bonds. The predicted octanol–water partition coefficient (Wildman–Crippen LogP) is 12.1. The number of pyridine rings is 1. The van der Waals surface area contributed by atoms with Crippen LogP contribution < -0.4 is 0 Å². The van der Waals surface area contributed by atoms with Crippen LogP contribution in [0.5, 0.6) is 0 Å². The third-order valence-corrected chi connectivity index (χ3v) is 10.8. The summed E-state index contributed by atoms with van der Waals surface area (Å²) in [6, 6.07) is 54.7. The molecule has 0 atom stereocenters. The van der Waals surface area contributed by atoms with Gasteiger partial charge >= 0.3 is 0 Å². The summed E-state index contributed by atoms with van der Waals surface area (Å²) >= 11 is 1.90. The first-order valence-corrected chi connectivity index (χ1v) is 16.9. The molecular weight excluding hydrogens is 589 g/mol. The minimum absolute atomic E-state index is 0.924. The van der Waals surface area contributed by atoms with Gasteiger partial charge in [-0.05, 0) is 70.8 Å². The summed E-state index contributed by atoms with van der Waals surface area (Å²) in [7, 11) is 0. The van der Waals surface area contributed by atoms with Crippen LogP contribution >= 0.6 is 11.3 Å². The quantitative estimate of drug-likeness (QED) is 0.192. The van der Waals surface area contributed by atoms with Crippen molar-refractivity contribution in [3.05, 3.63) is 163 Å². The van der Waals surface area contributed by atoms with Crippen molar-refractivity contribution in [3.8, 4) is 33.6 Å². The first-order valence-electron chi connectivity index (χ1n) is 16.1. The summed E-state index contributed by atoms with van der Waals surface area (Å²) in [5, 5.41) is 5.24. The van der Waals surface area contributed by atoms with Gasteiger partial charge in [0.15, 0.2) is 0 Å². The van der Waals surface area contributed by atoms with Crippen molar-refractivity contribution >= 4 is 65.1 Å². The molecule has 0 unspecified atom stereocenters. The summed E-state index contributed by atoms with van der Waals surface area (Å²) < 4.78 is 5.17. The lowest BCUT2D eigenvalue weighted by molar-refractivity contribution is 1.14. The van der Waals surface area contributed by atoms with Gasteiger partial charge in [-0.15, -0.1) is 11.3 Å². The lowest BCUT2D eigenvalue weighted by Crippen LogP contribution is -1.96. The molecule has 2 nitrogen and oxygen atoms in total. The Kier molecular flexibility index (Phi) is 5.84. The lowest BCUT2D eigenvalue weighted by Gasteiger charge is -2.10. The molecule has 6 aromatic carbocycles. The van der Waals surface area contributed by atoms with Crippen molar-refractivity contribution in [3.63, 3.8) is 0 Å². The molecule has 0 bridgehead atoms. The number of benzene rings is 6. The molecule has 1 aliphatic carbocycles. The molecule has 9 aromatic rings. The van der Waals surface area contributed by atoms with E-state index < -0.39 is 0 Å². The maximum Gasteiger partial charge on any atom is 0.0709 e. The summed E-state index contributed by atoms with van der Waals surface area (Å²) in [6.45, 7) is 0. The zero-order valence-electron chi connectivity index (χ0n) is 25.5. The van der Waals surface area contributed by atoms with Crippen molar-refractivity contribution in [2.75, 3.05) is 0 Å². The zero-order valence-corrected chi connectivity index (χ0v) is 26.3. The molecule has 1 aliphatic rings. The minimum atomic E-state index is 0.924. The molecule has 3 heteroatoms. The van der Waals surface area contributed by atoms with Crippen molar-refractivity contribution in [2.24, 2.45) is 0 Å². The Hall–Kier alpha value is -5.77. The second-order valence-corrected chi connectivity index (χ2v) is 13.4. The van der Waals surface area contributed by atoms with Crippen molar-refractivity contribution in [1.82, 2.24) is 9.55 Å². The summed E-state index contributed by atoms with van der Waals surface area (Å²) in [5.74, 6) is 0. The Morgan fingerprint density at radius 3 is 2.13 bits per heavy atom. The third kappa shape index (κ3) is 4.21. The molecule has 47 heavy (non-hydrogen) atoms. The molecule has 0 saturated heterocycles. The van der Waals surface area contributed by atoms with Gasteiger partial charge in [0.1, 0.15) is 0 Å². The fourth-order valence-corrected chi connectivity index (χ4v) is 8.66. The predicted molar refractivity (Wildman–Crippen MR) is 201 cm³/mol. The van der Waals surface area contributed by atoms with E-state index in [1.165, 1.54) is 69.9 Å². The standard InChI is InChI=1S/C44H28N2S/c1-2-10-28(11-3-1)29-14-8-15-32(24-29)38-17-9-18-39(45-38)33-20-22-40-37(27-33)43-41(46(40)34-25-30-12-4-5-13-31(30)26-34)23-21-36-35-16-6-7-19-42(35)47-44(36)43/h1-25,27H,26H2. The Labute approximate surface area is 276 Å². The van der Waals surface area contributed by atoms with Crippen LogP contribution in [0.1, 0.15) is 11.1 Å². The minimum Gasteiger partial charge on any atom is -0.313 e. The second kappa shape index (κ2) is 10.4. The average Bonchev–Trinajstić information content (AvgIpc) is 3.83. The molecule has 0 saturated carbocycles. The highest BCUT2D eigenvalue weighted by Crippen LogP contribution is 2.45. The number of hydrogen-bond acceptors (Lipinski definition) is 2. The smallest absolute Gasteiger partial charge is 0.0709 e. The third-order valence-electron chi connectivity index (χ3n) is 9.62. The summed E-state index contributed by atoms with van der Waals surface area (Å²) in [4.78, 5) is 5.23. The van der Waals surface area contributed by atoms with E-state index in [2.05, 4.69) is 162 Å². The Bertz CT molecular complexity index is 2710. The van der Waals surface area contributed by atoms with Crippen LogP contribution in [-0.4, -0.2) is 9.55 Å². The van der Waals surface area contributed by atoms with Crippen LogP contribution in [0.2, 0.25) is 0 Å². The Balaban J connectivity index is 1.17. The Morgan fingerprint density at radius 2 is 1.23 bits per heavy atom. The monoisotopic (exact) mass is 616 g/mol. The first-order chi connectivity index (χ1) is 23.3. The molecular formula is C44H28N2S. The van der Waals surface area contributed by atoms with Crippen LogP contribution in [0, 0.1) is 0 Å². The van der Waals surface area contributed by atoms with Crippen LogP contribution in [0.3, 0.4) is 0 Å². The van der Waals surface area contributed by atoms with Gasteiger partial charge in [0, 0.05) is 54.2 Å². The van der Waals surface area contributed by atoms with E-state index in [-0.39, 0.29) is 0 Å². The van der Waals surface area contributed by atoms with Gasteiger partial charge in [0.25, 0.3) is 0 Å². The van der Waals surface area contributed by atoms with E-state index in [4.69, 9.17) is 4.98 Å². The van der Waals surface area contributed by atoms with E-state index in [0.717, 1.165) is 28.9 Å². The number of thiophene rings is 1. The van der Waals surface area contributed by atoms with E-state index in [1.807, 2.05) is 11.3 Å². The van der Waals surface area contributed by atoms with Gasteiger partial charge in [-0.2, -0.15) is 0 Å². The molecule has 0 fully saturated rings. The number of allylic oxidation sites excluding steroid dienone is 1. The van der Waals surface area contributed by atoms with Crippen LogP contribution in [0.4, 0.5) is 0 Å². The highest BCUT2D eigenvalue weighted by Gasteiger charge is 2.22. The number of nitrogens with zero attached hydrogens (tertiary/aromatic N) is 2. The number of hydrogen-bond donors (Lipinski definition) is 0. The number of aromatic nitrogens is 2. The zero-order chi connectivity index (χ0) is 30.9. The van der Waals surface area contributed by atoms with Crippen molar-refractivity contribution < 1.29 is 0 Å². The van der Waals surface area contributed by atoms with Gasteiger partial charge in [-0.1, -0.05) is 109 Å². The van der Waals surface area contributed by atoms with Gasteiger partial charge in [0.05, 0.1) is 22.4 Å². The average molecular weight is 617 g/mol. The summed E-state index contributed by atoms with van der Waals surface area (Å²) in [6.07, 6.45) is 3.29. The van der Waals surface area contributed by atoms with Gasteiger partial charge in [-0.25, -0.2) is 4.98 Å². The van der Waals surface area contributed by atoms with Crippen LogP contribution in [0.25, 0.3) is 87.4 Å². The molecule has 3 heterocycles. The lowest BCUT2D eigenvalue weighted by atomic mass is 10.0. The second-order valence-electron chi connectivity index (χ2n) is 12.4. The fourth-order valence-electron chi connectivity index (χ4n) is 7.41. The maximum atomic E-state index is 5.23. The number of fused-ring (bicyclic) bond motifs is 8. The van der Waals surface area contributed by atoms with Crippen LogP contribution in [0.15, 0.2) is 152 Å². The van der Waals surface area contributed by atoms with Gasteiger partial charge < -0.3 is 4.57 Å². The molecule has 0 N–H and O–H groups in total. The summed E-state index contributed by atoms with van der Waals surface area (Å²) in [5.41, 5.74) is 13.1. The van der Waals surface area contributed by atoms with Gasteiger partial charge in [0.2, 0.25) is 0 Å². The topological polar surface area (TPSA) is 17.8 Å². The molecule has 0 radical (unpaired) electrons. The van der Waals surface area contributed by atoms with E-state index in [9.17, 15) is 0 Å². The normalized spacial score (nSPS) is 12.7. The Morgan fingerprint density at radius 1 is 0.511 bits per heavy atom. The van der Waals surface area contributed by atoms with Crippen molar-refractivity contribution in [2.45, 2.75) is 6.42 Å².